The first kappa shape index (κ1) is 17.0. The minimum atomic E-state index is -3.39. The maximum absolute atomic E-state index is 12.6. The summed E-state index contributed by atoms with van der Waals surface area (Å²) in [6.07, 6.45) is 3.34. The first-order valence-electron chi connectivity index (χ1n) is 8.03. The molecule has 0 aliphatic carbocycles. The number of hydrogen-bond donors (Lipinski definition) is 1. The Balaban J connectivity index is 1.71. The van der Waals surface area contributed by atoms with Crippen molar-refractivity contribution in [3.05, 3.63) is 23.8 Å². The molecule has 3 rings (SSSR count). The van der Waals surface area contributed by atoms with Gasteiger partial charge < -0.3 is 14.8 Å². The van der Waals surface area contributed by atoms with Crippen molar-refractivity contribution in [3.8, 4) is 11.5 Å². The average Bonchev–Trinajstić information content (AvgIpc) is 3.01. The summed E-state index contributed by atoms with van der Waals surface area (Å²) < 4.78 is 35.7. The van der Waals surface area contributed by atoms with Crippen LogP contribution in [-0.2, 0) is 14.8 Å². The summed E-state index contributed by atoms with van der Waals surface area (Å²) in [7, 11) is -3.39. The number of hydrogen-bond acceptors (Lipinski definition) is 5. The van der Waals surface area contributed by atoms with Crippen LogP contribution in [0.3, 0.4) is 0 Å². The normalized spacial score (nSPS) is 22.2. The molecule has 0 spiro atoms. The average molecular weight is 354 g/mol. The number of piperidine rings is 1. The minimum Gasteiger partial charge on any atom is -0.454 e. The standard InChI is InChI=1S/C16H22N2O5S/c1-11(12-6-7-14-15(9-12)23-10-22-14)17-16(19)13-5-3-4-8-18(13)24(2,20)21/h6-7,9,11,13H,3-5,8,10H2,1-2H3,(H,17,19). The highest BCUT2D eigenvalue weighted by Crippen LogP contribution is 2.34. The molecule has 2 atom stereocenters. The van der Waals surface area contributed by atoms with Crippen LogP contribution in [0.15, 0.2) is 18.2 Å². The van der Waals surface area contributed by atoms with Gasteiger partial charge in [-0.2, -0.15) is 4.31 Å². The SMILES string of the molecule is CC(NC(=O)C1CCCCN1S(C)(=O)=O)c1ccc2c(c1)OCO2. The lowest BCUT2D eigenvalue weighted by Gasteiger charge is -2.33. The van der Waals surface area contributed by atoms with Gasteiger partial charge in [-0.25, -0.2) is 8.42 Å². The Morgan fingerprint density at radius 2 is 2.04 bits per heavy atom. The lowest BCUT2D eigenvalue weighted by molar-refractivity contribution is -0.126. The van der Waals surface area contributed by atoms with E-state index in [2.05, 4.69) is 5.32 Å². The third kappa shape index (κ3) is 3.49. The van der Waals surface area contributed by atoms with Crippen molar-refractivity contribution >= 4 is 15.9 Å². The topological polar surface area (TPSA) is 84.9 Å². The van der Waals surface area contributed by atoms with Crippen LogP contribution in [0.4, 0.5) is 0 Å². The Morgan fingerprint density at radius 1 is 1.29 bits per heavy atom. The zero-order valence-electron chi connectivity index (χ0n) is 13.8. The van der Waals surface area contributed by atoms with E-state index in [-0.39, 0.29) is 18.7 Å². The van der Waals surface area contributed by atoms with Crippen LogP contribution in [0.2, 0.25) is 0 Å². The number of benzene rings is 1. The predicted molar refractivity (Wildman–Crippen MR) is 88.3 cm³/mol. The number of ether oxygens (including phenoxy) is 2. The zero-order chi connectivity index (χ0) is 17.3. The van der Waals surface area contributed by atoms with Crippen LogP contribution in [0.25, 0.3) is 0 Å². The van der Waals surface area contributed by atoms with Crippen LogP contribution in [-0.4, -0.2) is 44.3 Å². The maximum atomic E-state index is 12.6. The van der Waals surface area contributed by atoms with Crippen molar-refractivity contribution in [3.63, 3.8) is 0 Å². The van der Waals surface area contributed by atoms with Gasteiger partial charge in [-0.05, 0) is 37.5 Å². The molecule has 2 heterocycles. The predicted octanol–water partition coefficient (Wildman–Crippen LogP) is 1.41. The van der Waals surface area contributed by atoms with E-state index in [4.69, 9.17) is 9.47 Å². The summed E-state index contributed by atoms with van der Waals surface area (Å²) in [6, 6.07) is 4.63. The van der Waals surface area contributed by atoms with Gasteiger partial charge in [0.25, 0.3) is 0 Å². The largest absolute Gasteiger partial charge is 0.454 e. The second-order valence-electron chi connectivity index (χ2n) is 6.23. The Kier molecular flexibility index (Phi) is 4.69. The van der Waals surface area contributed by atoms with Gasteiger partial charge in [0, 0.05) is 6.54 Å². The number of carbonyl (C=O) groups excluding carboxylic acids is 1. The quantitative estimate of drug-likeness (QED) is 0.884. The molecule has 1 N–H and O–H groups in total. The van der Waals surface area contributed by atoms with Gasteiger partial charge >= 0.3 is 0 Å². The van der Waals surface area contributed by atoms with Crippen LogP contribution in [0.5, 0.6) is 11.5 Å². The molecule has 132 valence electrons. The molecule has 0 bridgehead atoms. The zero-order valence-corrected chi connectivity index (χ0v) is 14.6. The van der Waals surface area contributed by atoms with Gasteiger partial charge in [0.2, 0.25) is 22.7 Å². The van der Waals surface area contributed by atoms with Crippen molar-refractivity contribution in [2.24, 2.45) is 0 Å². The third-order valence-corrected chi connectivity index (χ3v) is 5.73. The molecule has 2 unspecified atom stereocenters. The van der Waals surface area contributed by atoms with E-state index in [0.29, 0.717) is 24.5 Å². The molecule has 0 aromatic heterocycles. The molecule has 7 nitrogen and oxygen atoms in total. The Bertz CT molecular complexity index is 734. The van der Waals surface area contributed by atoms with Crippen molar-refractivity contribution in [2.75, 3.05) is 19.6 Å². The first-order chi connectivity index (χ1) is 11.4. The number of carbonyl (C=O) groups is 1. The number of nitrogens with zero attached hydrogens (tertiary/aromatic N) is 1. The van der Waals surface area contributed by atoms with E-state index in [9.17, 15) is 13.2 Å². The highest BCUT2D eigenvalue weighted by atomic mass is 32.2. The number of sulfonamides is 1. The van der Waals surface area contributed by atoms with Crippen molar-refractivity contribution in [1.82, 2.24) is 9.62 Å². The van der Waals surface area contributed by atoms with Gasteiger partial charge in [-0.3, -0.25) is 4.79 Å². The molecule has 1 amide bonds. The van der Waals surface area contributed by atoms with Crippen LogP contribution >= 0.6 is 0 Å². The number of fused-ring (bicyclic) bond motifs is 1. The van der Waals surface area contributed by atoms with Gasteiger partial charge in [-0.1, -0.05) is 12.5 Å². The molecule has 8 heteroatoms. The highest BCUT2D eigenvalue weighted by molar-refractivity contribution is 7.88. The molecule has 1 aromatic rings. The molecular formula is C16H22N2O5S. The third-order valence-electron chi connectivity index (χ3n) is 4.44. The fourth-order valence-corrected chi connectivity index (χ4v) is 4.26. The summed E-state index contributed by atoms with van der Waals surface area (Å²) in [5, 5.41) is 2.92. The monoisotopic (exact) mass is 354 g/mol. The molecular weight excluding hydrogens is 332 g/mol. The van der Waals surface area contributed by atoms with Crippen LogP contribution in [0, 0.1) is 0 Å². The fraction of sp³-hybridized carbons (Fsp3) is 0.562. The molecule has 2 aliphatic heterocycles. The number of nitrogens with one attached hydrogen (secondary N) is 1. The Hall–Kier alpha value is -1.80. The minimum absolute atomic E-state index is 0.199. The van der Waals surface area contributed by atoms with Gasteiger partial charge in [-0.15, -0.1) is 0 Å². The van der Waals surface area contributed by atoms with Crippen molar-refractivity contribution in [2.45, 2.75) is 38.3 Å². The van der Waals surface area contributed by atoms with Gasteiger partial charge in [0.15, 0.2) is 11.5 Å². The maximum Gasteiger partial charge on any atom is 0.238 e. The molecule has 2 aliphatic rings. The molecule has 1 aromatic carbocycles. The van der Waals surface area contributed by atoms with E-state index in [0.717, 1.165) is 24.7 Å². The summed E-state index contributed by atoms with van der Waals surface area (Å²) in [5.41, 5.74) is 0.884. The van der Waals surface area contributed by atoms with E-state index in [1.807, 2.05) is 25.1 Å². The smallest absolute Gasteiger partial charge is 0.238 e. The van der Waals surface area contributed by atoms with Crippen molar-refractivity contribution < 1.29 is 22.7 Å². The number of amides is 1. The molecule has 24 heavy (non-hydrogen) atoms. The molecule has 1 fully saturated rings. The summed E-state index contributed by atoms with van der Waals surface area (Å²) in [5.74, 6) is 1.09. The second kappa shape index (κ2) is 6.60. The van der Waals surface area contributed by atoms with E-state index in [1.165, 1.54) is 4.31 Å². The summed E-state index contributed by atoms with van der Waals surface area (Å²) in [4.78, 5) is 12.6. The fourth-order valence-electron chi connectivity index (χ4n) is 3.14. The van der Waals surface area contributed by atoms with Crippen molar-refractivity contribution in [1.29, 1.82) is 0 Å². The van der Waals surface area contributed by atoms with E-state index < -0.39 is 16.1 Å². The Morgan fingerprint density at radius 3 is 2.79 bits per heavy atom. The number of rotatable bonds is 4. The lowest BCUT2D eigenvalue weighted by Crippen LogP contribution is -2.51. The van der Waals surface area contributed by atoms with Gasteiger partial charge in [0.1, 0.15) is 6.04 Å². The second-order valence-corrected chi connectivity index (χ2v) is 8.16. The van der Waals surface area contributed by atoms with Crippen LogP contribution < -0.4 is 14.8 Å². The lowest BCUT2D eigenvalue weighted by atomic mass is 10.0. The molecule has 1 saturated heterocycles. The summed E-state index contributed by atoms with van der Waals surface area (Å²) in [6.45, 7) is 2.46. The Labute approximate surface area is 142 Å². The highest BCUT2D eigenvalue weighted by Gasteiger charge is 2.35. The van der Waals surface area contributed by atoms with E-state index in [1.54, 1.807) is 0 Å². The molecule has 0 saturated carbocycles. The van der Waals surface area contributed by atoms with Gasteiger partial charge in [0.05, 0.1) is 12.3 Å². The first-order valence-corrected chi connectivity index (χ1v) is 9.88. The van der Waals surface area contributed by atoms with Crippen LogP contribution in [0.1, 0.15) is 37.8 Å². The van der Waals surface area contributed by atoms with E-state index >= 15 is 0 Å². The molecule has 0 radical (unpaired) electrons. The summed E-state index contributed by atoms with van der Waals surface area (Å²) >= 11 is 0.